The number of nitriles is 1. The average Bonchev–Trinajstić information content (AvgIpc) is 3.32. The first-order valence-electron chi connectivity index (χ1n) is 8.06. The number of aromatic amines is 1. The lowest BCUT2D eigenvalue weighted by Crippen LogP contribution is -2.01. The fraction of sp³-hybridized carbons (Fsp3) is 0.235. The van der Waals surface area contributed by atoms with Crippen molar-refractivity contribution in [1.29, 1.82) is 5.26 Å². The third-order valence-electron chi connectivity index (χ3n) is 3.84. The molecule has 0 atom stereocenters. The number of nitrogens with zero attached hydrogens (tertiary/aromatic N) is 6. The Kier molecular flexibility index (Phi) is 5.24. The van der Waals surface area contributed by atoms with Crippen LogP contribution in [0.25, 0.3) is 5.57 Å². The third-order valence-corrected chi connectivity index (χ3v) is 3.84. The van der Waals surface area contributed by atoms with Gasteiger partial charge in [-0.05, 0) is 43.3 Å². The van der Waals surface area contributed by atoms with Crippen molar-refractivity contribution in [2.45, 2.75) is 27.0 Å². The number of hydrogen-bond donors (Lipinski definition) is 2. The van der Waals surface area contributed by atoms with E-state index in [1.165, 1.54) is 6.20 Å². The molecule has 0 bridgehead atoms. The van der Waals surface area contributed by atoms with Crippen molar-refractivity contribution < 1.29 is 4.74 Å². The second kappa shape index (κ2) is 7.94. The molecule has 0 radical (unpaired) electrons. The van der Waals surface area contributed by atoms with E-state index in [1.54, 1.807) is 0 Å². The molecule has 0 amide bonds. The summed E-state index contributed by atoms with van der Waals surface area (Å²) < 4.78 is 7.75. The van der Waals surface area contributed by atoms with Crippen molar-refractivity contribution in [2.24, 2.45) is 0 Å². The van der Waals surface area contributed by atoms with Crippen molar-refractivity contribution in [3.8, 4) is 11.8 Å². The quantitative estimate of drug-likeness (QED) is 0.628. The topological polar surface area (TPSA) is 117 Å². The Morgan fingerprint density at radius 1 is 1.38 bits per heavy atom. The number of nitrogens with one attached hydrogen (secondary N) is 2. The Hall–Kier alpha value is -3.67. The number of H-pyrrole nitrogens is 1. The molecule has 26 heavy (non-hydrogen) atoms. The highest BCUT2D eigenvalue weighted by molar-refractivity contribution is 5.74. The van der Waals surface area contributed by atoms with E-state index in [2.05, 4.69) is 38.0 Å². The third kappa shape index (κ3) is 3.87. The molecule has 9 nitrogen and oxygen atoms in total. The van der Waals surface area contributed by atoms with Gasteiger partial charge in [0, 0.05) is 29.7 Å². The van der Waals surface area contributed by atoms with Gasteiger partial charge >= 0.3 is 0 Å². The maximum Gasteiger partial charge on any atom is 0.216 e. The van der Waals surface area contributed by atoms with Gasteiger partial charge in [-0.1, -0.05) is 0 Å². The maximum atomic E-state index is 9.13. The van der Waals surface area contributed by atoms with E-state index in [0.717, 1.165) is 29.2 Å². The predicted octanol–water partition coefficient (Wildman–Crippen LogP) is 2.28. The zero-order valence-corrected chi connectivity index (χ0v) is 14.5. The lowest BCUT2D eigenvalue weighted by Gasteiger charge is -2.07. The summed E-state index contributed by atoms with van der Waals surface area (Å²) >= 11 is 0. The van der Waals surface area contributed by atoms with Crippen molar-refractivity contribution in [3.63, 3.8) is 0 Å². The molecule has 0 aliphatic heterocycles. The van der Waals surface area contributed by atoms with E-state index in [9.17, 15) is 0 Å². The largest absolute Gasteiger partial charge is 0.489 e. The minimum Gasteiger partial charge on any atom is -0.489 e. The Bertz CT molecular complexity index is 919. The highest BCUT2D eigenvalue weighted by Crippen LogP contribution is 2.19. The second-order valence-corrected chi connectivity index (χ2v) is 5.43. The van der Waals surface area contributed by atoms with Crippen LogP contribution in [-0.4, -0.2) is 30.4 Å². The van der Waals surface area contributed by atoms with Crippen LogP contribution in [0, 0.1) is 18.3 Å². The molecule has 0 aliphatic rings. The van der Waals surface area contributed by atoms with E-state index < -0.39 is 0 Å². The highest BCUT2D eigenvalue weighted by Gasteiger charge is 2.07. The molecule has 2 heterocycles. The van der Waals surface area contributed by atoms with Gasteiger partial charge in [-0.15, -0.1) is 10.2 Å². The molecule has 2 N–H and O–H groups in total. The summed E-state index contributed by atoms with van der Waals surface area (Å²) in [7, 11) is 0. The first-order valence-corrected chi connectivity index (χ1v) is 8.06. The maximum absolute atomic E-state index is 9.13. The highest BCUT2D eigenvalue weighted by atomic mass is 16.5. The van der Waals surface area contributed by atoms with E-state index in [0.29, 0.717) is 6.61 Å². The Morgan fingerprint density at radius 2 is 2.19 bits per heavy atom. The summed E-state index contributed by atoms with van der Waals surface area (Å²) in [6.45, 7) is 5.40. The summed E-state index contributed by atoms with van der Waals surface area (Å²) in [5, 5.41) is 29.8. The smallest absolute Gasteiger partial charge is 0.216 e. The zero-order valence-electron chi connectivity index (χ0n) is 14.5. The molecule has 0 spiro atoms. The van der Waals surface area contributed by atoms with Crippen LogP contribution < -0.4 is 10.1 Å². The number of aryl methyl sites for hydroxylation is 1. The Labute approximate surface area is 150 Å². The molecule has 1 aromatic carbocycles. The van der Waals surface area contributed by atoms with Crippen molar-refractivity contribution in [2.75, 3.05) is 5.32 Å². The van der Waals surface area contributed by atoms with Gasteiger partial charge in [-0.25, -0.2) is 0 Å². The second-order valence-electron chi connectivity index (χ2n) is 5.43. The lowest BCUT2D eigenvalue weighted by molar-refractivity contribution is 0.305. The molecule has 0 fully saturated rings. The average molecular weight is 350 g/mol. The van der Waals surface area contributed by atoms with Crippen LogP contribution in [0.2, 0.25) is 0 Å². The zero-order chi connectivity index (χ0) is 18.4. The van der Waals surface area contributed by atoms with Crippen molar-refractivity contribution in [1.82, 2.24) is 30.4 Å². The van der Waals surface area contributed by atoms with Gasteiger partial charge in [0.15, 0.2) is 0 Å². The summed E-state index contributed by atoms with van der Waals surface area (Å²) in [5.41, 5.74) is 3.27. The first-order chi connectivity index (χ1) is 12.7. The Morgan fingerprint density at radius 3 is 2.81 bits per heavy atom. The molecule has 0 aliphatic carbocycles. The minimum atomic E-state index is 0.239. The van der Waals surface area contributed by atoms with Crippen molar-refractivity contribution in [3.05, 3.63) is 53.7 Å². The number of hydrogen-bond acceptors (Lipinski definition) is 7. The van der Waals surface area contributed by atoms with E-state index in [4.69, 9.17) is 10.00 Å². The van der Waals surface area contributed by atoms with Crippen molar-refractivity contribution >= 4 is 11.3 Å². The van der Waals surface area contributed by atoms with Gasteiger partial charge in [-0.2, -0.15) is 15.6 Å². The molecule has 3 rings (SSSR count). The van der Waals surface area contributed by atoms with Crippen LogP contribution >= 0.6 is 0 Å². The van der Waals surface area contributed by atoms with E-state index >= 15 is 0 Å². The molecular formula is C17H18N8O. The van der Waals surface area contributed by atoms with Crippen LogP contribution in [-0.2, 0) is 13.2 Å². The molecule has 132 valence electrons. The van der Waals surface area contributed by atoms with E-state index in [1.807, 2.05) is 48.1 Å². The van der Waals surface area contributed by atoms with Crippen LogP contribution in [0.5, 0.6) is 5.75 Å². The number of anilines is 1. The number of aromatic nitrogens is 6. The monoisotopic (exact) mass is 350 g/mol. The number of benzene rings is 1. The van der Waals surface area contributed by atoms with Crippen LogP contribution in [0.3, 0.4) is 0 Å². The molecule has 2 aromatic heterocycles. The van der Waals surface area contributed by atoms with Gasteiger partial charge < -0.3 is 10.1 Å². The van der Waals surface area contributed by atoms with Gasteiger partial charge in [0.25, 0.3) is 0 Å². The molecule has 3 aromatic rings. The fourth-order valence-electron chi connectivity index (χ4n) is 2.33. The molecular weight excluding hydrogens is 332 g/mol. The standard InChI is InChI=1S/C17H18N8O/c1-3-25-12(2)14(10-20-25)11-26-16-6-4-15(5-7-16)19-9-13(8-18)17-21-23-24-22-17/h4-7,9-10,19H,3,11H2,1-2H3,(H,21,22,23,24). The molecule has 9 heteroatoms. The van der Waals surface area contributed by atoms with Crippen LogP contribution in [0.15, 0.2) is 36.7 Å². The summed E-state index contributed by atoms with van der Waals surface area (Å²) in [5.74, 6) is 0.991. The molecule has 0 saturated heterocycles. The summed E-state index contributed by atoms with van der Waals surface area (Å²) in [6.07, 6.45) is 3.37. The normalized spacial score (nSPS) is 11.2. The SMILES string of the molecule is CCn1ncc(COc2ccc(NC=C(C#N)c3nn[nH]n3)cc2)c1C. The van der Waals surface area contributed by atoms with Gasteiger partial charge in [-0.3, -0.25) is 4.68 Å². The van der Waals surface area contributed by atoms with E-state index in [-0.39, 0.29) is 11.4 Å². The molecule has 0 unspecified atom stereocenters. The fourth-order valence-corrected chi connectivity index (χ4v) is 2.33. The lowest BCUT2D eigenvalue weighted by atomic mass is 10.2. The molecule has 0 saturated carbocycles. The van der Waals surface area contributed by atoms with Crippen LogP contribution in [0.1, 0.15) is 24.0 Å². The number of rotatable bonds is 7. The van der Waals surface area contributed by atoms with Gasteiger partial charge in [0.1, 0.15) is 24.0 Å². The first kappa shape index (κ1) is 17.2. The van der Waals surface area contributed by atoms with Gasteiger partial charge in [0.05, 0.1) is 6.20 Å². The van der Waals surface area contributed by atoms with Crippen LogP contribution in [0.4, 0.5) is 5.69 Å². The Balaban J connectivity index is 1.60. The number of ether oxygens (including phenoxy) is 1. The predicted molar refractivity (Wildman–Crippen MR) is 94.8 cm³/mol. The minimum absolute atomic E-state index is 0.239. The number of tetrazole rings is 1. The van der Waals surface area contributed by atoms with Gasteiger partial charge in [0.2, 0.25) is 5.82 Å². The summed E-state index contributed by atoms with van der Waals surface area (Å²) in [6, 6.07) is 9.45. The summed E-state index contributed by atoms with van der Waals surface area (Å²) in [4.78, 5) is 0. The number of allylic oxidation sites excluding steroid dienone is 1.